The highest BCUT2D eigenvalue weighted by Gasteiger charge is 2.07. The van der Waals surface area contributed by atoms with Crippen molar-refractivity contribution in [2.45, 2.75) is 0 Å². The van der Waals surface area contributed by atoms with E-state index in [1.54, 1.807) is 44.5 Å². The zero-order chi connectivity index (χ0) is 17.2. The van der Waals surface area contributed by atoms with Crippen molar-refractivity contribution in [2.75, 3.05) is 21.2 Å². The van der Waals surface area contributed by atoms with Gasteiger partial charge in [-0.3, -0.25) is 4.79 Å². The van der Waals surface area contributed by atoms with E-state index < -0.39 is 5.97 Å². The number of thioether (sulfide) groups is 1. The molecule has 0 saturated heterocycles. The number of nitrogens with zero attached hydrogens (tertiary/aromatic N) is 1. The first-order chi connectivity index (χ1) is 10.9. The molecule has 23 heavy (non-hydrogen) atoms. The minimum atomic E-state index is -0.435. The van der Waals surface area contributed by atoms with Crippen molar-refractivity contribution < 1.29 is 14.3 Å². The van der Waals surface area contributed by atoms with Gasteiger partial charge in [0.2, 0.25) is 0 Å². The molecule has 1 aromatic carbocycles. The minimum absolute atomic E-state index is 0.0909. The average Bonchev–Trinajstić information content (AvgIpc) is 2.52. The zero-order valence-electron chi connectivity index (χ0n) is 13.2. The Morgan fingerprint density at radius 2 is 1.74 bits per heavy atom. The molecule has 1 aromatic rings. The topological polar surface area (TPSA) is 46.6 Å². The maximum Gasteiger partial charge on any atom is 0.330 e. The normalized spacial score (nSPS) is 11.9. The van der Waals surface area contributed by atoms with Crippen LogP contribution in [-0.2, 0) is 9.53 Å². The van der Waals surface area contributed by atoms with Gasteiger partial charge < -0.3 is 9.64 Å². The predicted molar refractivity (Wildman–Crippen MR) is 96.4 cm³/mol. The summed E-state index contributed by atoms with van der Waals surface area (Å²) in [7, 11) is 4.69. The average molecular weight is 352 g/mol. The van der Waals surface area contributed by atoms with Crippen LogP contribution in [-0.4, -0.2) is 37.3 Å². The van der Waals surface area contributed by atoms with Crippen LogP contribution in [0.15, 0.2) is 53.5 Å². The lowest BCUT2D eigenvalue weighted by atomic mass is 10.2. The molecule has 0 aromatic heterocycles. The van der Waals surface area contributed by atoms with Crippen LogP contribution >= 0.6 is 23.4 Å². The summed E-state index contributed by atoms with van der Waals surface area (Å²) >= 11 is 6.96. The number of hydrogen-bond acceptors (Lipinski definition) is 4. The molecule has 0 spiro atoms. The molecule has 0 N–H and O–H groups in total. The molecule has 0 fully saturated rings. The number of rotatable bonds is 5. The summed E-state index contributed by atoms with van der Waals surface area (Å²) in [6, 6.07) is 7.29. The van der Waals surface area contributed by atoms with Crippen LogP contribution in [0.3, 0.4) is 0 Å². The summed E-state index contributed by atoms with van der Waals surface area (Å²) < 4.78 is 4.51. The van der Waals surface area contributed by atoms with Crippen LogP contribution in [0.25, 0.3) is 6.08 Å². The van der Waals surface area contributed by atoms with E-state index >= 15 is 0 Å². The second-order valence-electron chi connectivity index (χ2n) is 4.60. The standard InChI is InChI=1S/C17H18ClNO3S/c1-19(2)17(21)23-15(6-4-5-7-16(20)22-3)12-13-8-10-14(18)11-9-13/h4-12H,1-3H3/b6-4-,7-5-,15-12-. The Balaban J connectivity index is 2.94. The van der Waals surface area contributed by atoms with Gasteiger partial charge in [0.15, 0.2) is 0 Å². The summed E-state index contributed by atoms with van der Waals surface area (Å²) in [4.78, 5) is 25.1. The number of esters is 1. The van der Waals surface area contributed by atoms with Gasteiger partial charge in [-0.1, -0.05) is 35.9 Å². The fourth-order valence-electron chi connectivity index (χ4n) is 1.38. The largest absolute Gasteiger partial charge is 0.466 e. The van der Waals surface area contributed by atoms with Crippen molar-refractivity contribution >= 4 is 40.6 Å². The number of halogens is 1. The van der Waals surface area contributed by atoms with Crippen LogP contribution in [0.4, 0.5) is 4.79 Å². The molecule has 0 aliphatic heterocycles. The minimum Gasteiger partial charge on any atom is -0.466 e. The van der Waals surface area contributed by atoms with E-state index in [4.69, 9.17) is 11.6 Å². The summed E-state index contributed by atoms with van der Waals surface area (Å²) in [6.45, 7) is 0. The molecule has 0 radical (unpaired) electrons. The van der Waals surface area contributed by atoms with E-state index in [9.17, 15) is 9.59 Å². The number of carbonyl (C=O) groups is 2. The second-order valence-corrected chi connectivity index (χ2v) is 6.06. The van der Waals surface area contributed by atoms with Gasteiger partial charge in [-0.2, -0.15) is 0 Å². The van der Waals surface area contributed by atoms with E-state index in [1.807, 2.05) is 18.2 Å². The molecule has 0 bridgehead atoms. The molecule has 0 aliphatic carbocycles. The zero-order valence-corrected chi connectivity index (χ0v) is 14.7. The van der Waals surface area contributed by atoms with Crippen LogP contribution in [0.2, 0.25) is 5.02 Å². The smallest absolute Gasteiger partial charge is 0.330 e. The molecule has 0 atom stereocenters. The molecule has 4 nitrogen and oxygen atoms in total. The Bertz CT molecular complexity index is 634. The third-order valence-corrected chi connectivity index (χ3v) is 3.84. The molecule has 0 aliphatic rings. The van der Waals surface area contributed by atoms with Gasteiger partial charge in [-0.05, 0) is 41.6 Å². The maximum atomic E-state index is 11.9. The molecular formula is C17H18ClNO3S. The molecule has 0 unspecified atom stereocenters. The quantitative estimate of drug-likeness (QED) is 0.448. The number of ether oxygens (including phenoxy) is 1. The van der Waals surface area contributed by atoms with Gasteiger partial charge in [-0.15, -0.1) is 0 Å². The second kappa shape index (κ2) is 9.92. The van der Waals surface area contributed by atoms with Gasteiger partial charge in [-0.25, -0.2) is 4.79 Å². The Morgan fingerprint density at radius 1 is 1.13 bits per heavy atom. The van der Waals surface area contributed by atoms with Crippen LogP contribution in [0.5, 0.6) is 0 Å². The number of allylic oxidation sites excluding steroid dienone is 3. The molecule has 122 valence electrons. The lowest BCUT2D eigenvalue weighted by Gasteiger charge is -2.09. The van der Waals surface area contributed by atoms with Gasteiger partial charge in [0.05, 0.1) is 7.11 Å². The fourth-order valence-corrected chi connectivity index (χ4v) is 2.23. The lowest BCUT2D eigenvalue weighted by Crippen LogP contribution is -2.16. The van der Waals surface area contributed by atoms with Crippen molar-refractivity contribution in [3.05, 3.63) is 64.1 Å². The number of methoxy groups -OCH3 is 1. The van der Waals surface area contributed by atoms with Crippen molar-refractivity contribution in [1.29, 1.82) is 0 Å². The first-order valence-electron chi connectivity index (χ1n) is 6.71. The van der Waals surface area contributed by atoms with E-state index in [1.165, 1.54) is 18.1 Å². The van der Waals surface area contributed by atoms with Crippen molar-refractivity contribution in [2.24, 2.45) is 0 Å². The highest BCUT2D eigenvalue weighted by Crippen LogP contribution is 2.23. The van der Waals surface area contributed by atoms with Gasteiger partial charge >= 0.3 is 5.97 Å². The van der Waals surface area contributed by atoms with Crippen molar-refractivity contribution in [1.82, 2.24) is 4.90 Å². The Hall–Kier alpha value is -1.98. The molecular weight excluding hydrogens is 334 g/mol. The highest BCUT2D eigenvalue weighted by molar-refractivity contribution is 8.17. The van der Waals surface area contributed by atoms with E-state index in [0.717, 1.165) is 22.2 Å². The summed E-state index contributed by atoms with van der Waals surface area (Å²) in [6.07, 6.45) is 8.15. The SMILES string of the molecule is COC(=O)\C=C/C=C\C(=C\c1ccc(Cl)cc1)SC(=O)N(C)C. The maximum absolute atomic E-state index is 11.9. The van der Waals surface area contributed by atoms with Gasteiger partial charge in [0, 0.05) is 30.1 Å². The van der Waals surface area contributed by atoms with Crippen LogP contribution < -0.4 is 0 Å². The third-order valence-electron chi connectivity index (χ3n) is 2.55. The number of carbonyl (C=O) groups excluding carboxylic acids is 2. The third kappa shape index (κ3) is 7.72. The van der Waals surface area contributed by atoms with E-state index in [2.05, 4.69) is 4.74 Å². The summed E-state index contributed by atoms with van der Waals surface area (Å²) in [5.74, 6) is -0.435. The monoisotopic (exact) mass is 351 g/mol. The number of benzene rings is 1. The first-order valence-corrected chi connectivity index (χ1v) is 7.91. The number of amides is 1. The molecule has 1 rings (SSSR count). The fraction of sp³-hybridized carbons (Fsp3) is 0.176. The predicted octanol–water partition coefficient (Wildman–Crippen LogP) is 4.38. The van der Waals surface area contributed by atoms with Crippen molar-refractivity contribution in [3.8, 4) is 0 Å². The Morgan fingerprint density at radius 3 is 2.30 bits per heavy atom. The molecule has 1 amide bonds. The lowest BCUT2D eigenvalue weighted by molar-refractivity contribution is -0.134. The van der Waals surface area contributed by atoms with Crippen LogP contribution in [0, 0.1) is 0 Å². The Kier molecular flexibility index (Phi) is 8.22. The van der Waals surface area contributed by atoms with Gasteiger partial charge in [0.25, 0.3) is 5.24 Å². The molecule has 0 saturated carbocycles. The van der Waals surface area contributed by atoms with E-state index in [-0.39, 0.29) is 5.24 Å². The van der Waals surface area contributed by atoms with Gasteiger partial charge in [0.1, 0.15) is 0 Å². The first kappa shape index (κ1) is 19.1. The summed E-state index contributed by atoms with van der Waals surface area (Å²) in [5, 5.41) is 0.559. The highest BCUT2D eigenvalue weighted by atomic mass is 35.5. The number of hydrogen-bond donors (Lipinski definition) is 0. The summed E-state index contributed by atoms with van der Waals surface area (Å²) in [5.41, 5.74) is 0.921. The molecule has 0 heterocycles. The molecule has 6 heteroatoms. The van der Waals surface area contributed by atoms with E-state index in [0.29, 0.717) is 5.02 Å². The Labute approximate surface area is 145 Å². The van der Waals surface area contributed by atoms with Crippen molar-refractivity contribution in [3.63, 3.8) is 0 Å². The van der Waals surface area contributed by atoms with Crippen LogP contribution in [0.1, 0.15) is 5.56 Å².